The molecule has 1 amide bonds. The second-order valence-corrected chi connectivity index (χ2v) is 6.47. The van der Waals surface area contributed by atoms with Crippen molar-refractivity contribution in [2.24, 2.45) is 0 Å². The molecule has 0 aliphatic heterocycles. The monoisotopic (exact) mass is 404 g/mol. The van der Waals surface area contributed by atoms with Crippen LogP contribution in [0.2, 0.25) is 0 Å². The summed E-state index contributed by atoms with van der Waals surface area (Å²) in [5, 5.41) is 14.0. The number of aromatic nitrogens is 2. The fourth-order valence-electron chi connectivity index (χ4n) is 2.95. The van der Waals surface area contributed by atoms with Gasteiger partial charge in [-0.05, 0) is 48.9 Å². The molecule has 0 bridgehead atoms. The van der Waals surface area contributed by atoms with Crippen LogP contribution in [0.25, 0.3) is 22.7 Å². The van der Waals surface area contributed by atoms with Gasteiger partial charge in [-0.1, -0.05) is 6.07 Å². The number of hydrogen-bond acceptors (Lipinski definition) is 7. The lowest BCUT2D eigenvalue weighted by molar-refractivity contribution is -0.385. The van der Waals surface area contributed by atoms with E-state index < -0.39 is 10.8 Å². The summed E-state index contributed by atoms with van der Waals surface area (Å²) in [5.74, 6) is -0.0289. The second-order valence-electron chi connectivity index (χ2n) is 6.47. The van der Waals surface area contributed by atoms with Crippen LogP contribution in [0.1, 0.15) is 15.9 Å². The van der Waals surface area contributed by atoms with Crippen LogP contribution in [0, 0.1) is 17.0 Å². The summed E-state index contributed by atoms with van der Waals surface area (Å²) in [6, 6.07) is 12.9. The number of hydrogen-bond donors (Lipinski definition) is 1. The number of aryl methyl sites for hydroxylation is 1. The number of oxazole rings is 1. The first-order valence-electron chi connectivity index (χ1n) is 8.92. The first kappa shape index (κ1) is 19.1. The molecular weight excluding hydrogens is 388 g/mol. The third kappa shape index (κ3) is 3.55. The van der Waals surface area contributed by atoms with Crippen LogP contribution in [0.5, 0.6) is 5.75 Å². The van der Waals surface area contributed by atoms with Crippen LogP contribution < -0.4 is 10.1 Å². The van der Waals surface area contributed by atoms with Crippen molar-refractivity contribution in [1.29, 1.82) is 0 Å². The predicted octanol–water partition coefficient (Wildman–Crippen LogP) is 4.37. The van der Waals surface area contributed by atoms with Crippen molar-refractivity contribution in [2.45, 2.75) is 6.92 Å². The van der Waals surface area contributed by atoms with Gasteiger partial charge in [0, 0.05) is 29.1 Å². The molecule has 2 aromatic carbocycles. The fourth-order valence-corrected chi connectivity index (χ4v) is 2.95. The molecule has 2 heterocycles. The van der Waals surface area contributed by atoms with Crippen LogP contribution in [0.4, 0.5) is 11.4 Å². The first-order chi connectivity index (χ1) is 14.5. The van der Waals surface area contributed by atoms with Gasteiger partial charge >= 0.3 is 5.69 Å². The molecule has 9 nitrogen and oxygen atoms in total. The minimum atomic E-state index is -0.594. The van der Waals surface area contributed by atoms with Gasteiger partial charge in [-0.3, -0.25) is 14.9 Å². The van der Waals surface area contributed by atoms with Gasteiger partial charge in [-0.15, -0.1) is 0 Å². The molecule has 150 valence electrons. The third-order valence-corrected chi connectivity index (χ3v) is 4.54. The normalized spacial score (nSPS) is 10.7. The molecule has 0 spiro atoms. The maximum atomic E-state index is 12.7. The van der Waals surface area contributed by atoms with Gasteiger partial charge in [0.25, 0.3) is 5.91 Å². The Bertz CT molecular complexity index is 1250. The number of carbonyl (C=O) groups excluding carboxylic acids is 1. The number of fused-ring (bicyclic) bond motifs is 1. The summed E-state index contributed by atoms with van der Waals surface area (Å²) in [5.41, 5.74) is 2.91. The van der Waals surface area contributed by atoms with Crippen molar-refractivity contribution in [2.75, 3.05) is 12.4 Å². The molecule has 0 unspecified atom stereocenters. The molecular formula is C21H16N4O5. The van der Waals surface area contributed by atoms with E-state index in [1.165, 1.54) is 25.3 Å². The third-order valence-electron chi connectivity index (χ3n) is 4.54. The largest absolute Gasteiger partial charge is 0.490 e. The highest BCUT2D eigenvalue weighted by atomic mass is 16.6. The van der Waals surface area contributed by atoms with Crippen LogP contribution >= 0.6 is 0 Å². The highest BCUT2D eigenvalue weighted by molar-refractivity contribution is 6.05. The number of nitro benzene ring substituents is 1. The van der Waals surface area contributed by atoms with E-state index >= 15 is 0 Å². The van der Waals surface area contributed by atoms with Gasteiger partial charge in [0.05, 0.1) is 12.0 Å². The van der Waals surface area contributed by atoms with E-state index in [0.717, 1.165) is 5.56 Å². The van der Waals surface area contributed by atoms with Gasteiger partial charge in [0.15, 0.2) is 17.0 Å². The van der Waals surface area contributed by atoms with Gasteiger partial charge in [0.2, 0.25) is 5.89 Å². The smallest absolute Gasteiger partial charge is 0.311 e. The van der Waals surface area contributed by atoms with Gasteiger partial charge in [-0.2, -0.15) is 4.98 Å². The number of nitrogens with zero attached hydrogens (tertiary/aromatic N) is 3. The number of methoxy groups -OCH3 is 1. The minimum Gasteiger partial charge on any atom is -0.490 e. The Kier molecular flexibility index (Phi) is 4.85. The predicted molar refractivity (Wildman–Crippen MR) is 110 cm³/mol. The molecule has 0 saturated heterocycles. The van der Waals surface area contributed by atoms with Crippen molar-refractivity contribution in [3.8, 4) is 17.2 Å². The Balaban J connectivity index is 1.65. The molecule has 30 heavy (non-hydrogen) atoms. The summed E-state index contributed by atoms with van der Waals surface area (Å²) in [7, 11) is 1.33. The molecule has 0 fully saturated rings. The molecule has 0 atom stereocenters. The molecule has 0 aliphatic rings. The highest BCUT2D eigenvalue weighted by Crippen LogP contribution is 2.30. The van der Waals surface area contributed by atoms with Crippen molar-refractivity contribution in [3.63, 3.8) is 0 Å². The molecule has 0 saturated carbocycles. The van der Waals surface area contributed by atoms with Crippen LogP contribution in [-0.4, -0.2) is 27.9 Å². The second kappa shape index (κ2) is 7.63. The molecule has 4 rings (SSSR count). The van der Waals surface area contributed by atoms with Crippen molar-refractivity contribution < 1.29 is 18.9 Å². The zero-order chi connectivity index (χ0) is 21.3. The van der Waals surface area contributed by atoms with E-state index in [0.29, 0.717) is 28.4 Å². The summed E-state index contributed by atoms with van der Waals surface area (Å²) in [6.07, 6.45) is 1.63. The number of rotatable bonds is 5. The standard InChI is InChI=1S/C21H16N4O5/c1-12-5-6-14(21-24-19-18(30-21)4-3-9-22-19)10-15(12)23-20(26)13-7-8-17(29-2)16(11-13)25(27)28/h3-11H,1-2H3,(H,23,26). The zero-order valence-electron chi connectivity index (χ0n) is 16.1. The Hall–Kier alpha value is -4.27. The van der Waals surface area contributed by atoms with E-state index in [2.05, 4.69) is 15.3 Å². The lowest BCUT2D eigenvalue weighted by Crippen LogP contribution is -2.13. The summed E-state index contributed by atoms with van der Waals surface area (Å²) >= 11 is 0. The maximum Gasteiger partial charge on any atom is 0.311 e. The number of ether oxygens (including phenoxy) is 1. The molecule has 1 N–H and O–H groups in total. The lowest BCUT2D eigenvalue weighted by atomic mass is 10.1. The summed E-state index contributed by atoms with van der Waals surface area (Å²) in [6.45, 7) is 1.84. The van der Waals surface area contributed by atoms with Gasteiger partial charge < -0.3 is 14.5 Å². The van der Waals surface area contributed by atoms with E-state index in [-0.39, 0.29) is 17.0 Å². The SMILES string of the molecule is COc1ccc(C(=O)Nc2cc(-c3nc4ncccc4o3)ccc2C)cc1[N+](=O)[O-]. The number of nitro groups is 1. The molecule has 4 aromatic rings. The molecule has 0 radical (unpaired) electrons. The quantitative estimate of drug-likeness (QED) is 0.387. The van der Waals surface area contributed by atoms with Crippen LogP contribution in [0.3, 0.4) is 0 Å². The Morgan fingerprint density at radius 3 is 2.77 bits per heavy atom. The lowest BCUT2D eigenvalue weighted by Gasteiger charge is -2.10. The summed E-state index contributed by atoms with van der Waals surface area (Å²) in [4.78, 5) is 31.8. The first-order valence-corrected chi connectivity index (χ1v) is 8.92. The number of nitrogens with one attached hydrogen (secondary N) is 1. The minimum absolute atomic E-state index is 0.0827. The van der Waals surface area contributed by atoms with E-state index in [9.17, 15) is 14.9 Å². The van der Waals surface area contributed by atoms with Crippen molar-refractivity contribution >= 4 is 28.5 Å². The number of anilines is 1. The Labute approximate surface area is 170 Å². The van der Waals surface area contributed by atoms with Gasteiger partial charge in [-0.25, -0.2) is 4.98 Å². The fraction of sp³-hybridized carbons (Fsp3) is 0.0952. The van der Waals surface area contributed by atoms with E-state index in [1.807, 2.05) is 19.1 Å². The number of pyridine rings is 1. The Morgan fingerprint density at radius 1 is 1.20 bits per heavy atom. The molecule has 2 aromatic heterocycles. The van der Waals surface area contributed by atoms with Crippen molar-refractivity contribution in [3.05, 3.63) is 76.0 Å². The molecule has 0 aliphatic carbocycles. The Morgan fingerprint density at radius 2 is 2.03 bits per heavy atom. The average molecular weight is 404 g/mol. The topological polar surface area (TPSA) is 120 Å². The van der Waals surface area contributed by atoms with E-state index in [1.54, 1.807) is 24.4 Å². The van der Waals surface area contributed by atoms with Gasteiger partial charge in [0.1, 0.15) is 0 Å². The van der Waals surface area contributed by atoms with E-state index in [4.69, 9.17) is 9.15 Å². The number of carbonyl (C=O) groups is 1. The van der Waals surface area contributed by atoms with Crippen LogP contribution in [0.15, 0.2) is 59.1 Å². The number of amides is 1. The molecule has 9 heteroatoms. The highest BCUT2D eigenvalue weighted by Gasteiger charge is 2.19. The van der Waals surface area contributed by atoms with Crippen molar-refractivity contribution in [1.82, 2.24) is 9.97 Å². The van der Waals surface area contributed by atoms with Crippen LogP contribution in [-0.2, 0) is 0 Å². The average Bonchev–Trinajstić information content (AvgIpc) is 3.19. The number of benzene rings is 2. The summed E-state index contributed by atoms with van der Waals surface area (Å²) < 4.78 is 10.7. The zero-order valence-corrected chi connectivity index (χ0v) is 16.1. The maximum absolute atomic E-state index is 12.7.